The average Bonchev–Trinajstić information content (AvgIpc) is 3.01. The van der Waals surface area contributed by atoms with Crippen molar-refractivity contribution in [3.8, 4) is 5.75 Å². The van der Waals surface area contributed by atoms with Gasteiger partial charge in [0.25, 0.3) is 0 Å². The Morgan fingerprint density at radius 1 is 1.50 bits per heavy atom. The van der Waals surface area contributed by atoms with Crippen molar-refractivity contribution < 1.29 is 9.47 Å². The van der Waals surface area contributed by atoms with Gasteiger partial charge in [-0.05, 0) is 25.5 Å². The minimum atomic E-state index is 0.202. The zero-order valence-electron chi connectivity index (χ0n) is 11.8. The molecule has 0 N–H and O–H groups in total. The number of alkyl halides is 1. The highest BCUT2D eigenvalue weighted by molar-refractivity contribution is 6.17. The summed E-state index contributed by atoms with van der Waals surface area (Å²) in [6.07, 6.45) is 1.98. The van der Waals surface area contributed by atoms with Gasteiger partial charge in [0.1, 0.15) is 11.6 Å². The average molecular weight is 295 g/mol. The monoisotopic (exact) mass is 294 g/mol. The van der Waals surface area contributed by atoms with E-state index in [1.165, 1.54) is 0 Å². The number of methoxy groups -OCH3 is 1. The van der Waals surface area contributed by atoms with E-state index in [9.17, 15) is 0 Å². The molecule has 2 heterocycles. The molecule has 1 aromatic heterocycles. The second-order valence-electron chi connectivity index (χ2n) is 5.12. The maximum atomic E-state index is 5.93. The third-order valence-corrected chi connectivity index (χ3v) is 4.14. The van der Waals surface area contributed by atoms with Gasteiger partial charge in [-0.3, -0.25) is 0 Å². The third kappa shape index (κ3) is 2.27. The Bertz CT molecular complexity index is 611. The number of aryl methyl sites for hydroxylation is 1. The number of ether oxygens (including phenoxy) is 2. The summed E-state index contributed by atoms with van der Waals surface area (Å²) in [6, 6.07) is 6.32. The summed E-state index contributed by atoms with van der Waals surface area (Å²) in [6.45, 7) is 2.92. The zero-order valence-corrected chi connectivity index (χ0v) is 12.6. The lowest BCUT2D eigenvalue weighted by Crippen LogP contribution is -2.19. The van der Waals surface area contributed by atoms with Gasteiger partial charge in [-0.25, -0.2) is 4.98 Å². The van der Waals surface area contributed by atoms with Gasteiger partial charge in [0.2, 0.25) is 0 Å². The van der Waals surface area contributed by atoms with Crippen molar-refractivity contribution in [3.63, 3.8) is 0 Å². The highest BCUT2D eigenvalue weighted by Gasteiger charge is 2.29. The van der Waals surface area contributed by atoms with Crippen LogP contribution in [0.2, 0.25) is 0 Å². The lowest BCUT2D eigenvalue weighted by molar-refractivity contribution is 0.108. The van der Waals surface area contributed by atoms with Crippen LogP contribution in [-0.2, 0) is 11.2 Å². The molecule has 0 radical (unpaired) electrons. The molecule has 3 rings (SSSR count). The molecule has 2 atom stereocenters. The van der Waals surface area contributed by atoms with E-state index in [0.29, 0.717) is 11.9 Å². The van der Waals surface area contributed by atoms with Crippen LogP contribution in [0.5, 0.6) is 5.75 Å². The summed E-state index contributed by atoms with van der Waals surface area (Å²) in [5.41, 5.74) is 2.09. The summed E-state index contributed by atoms with van der Waals surface area (Å²) in [5.74, 6) is 2.45. The largest absolute Gasteiger partial charge is 0.497 e. The van der Waals surface area contributed by atoms with Crippen LogP contribution in [0, 0.1) is 0 Å². The van der Waals surface area contributed by atoms with Crippen LogP contribution in [0.15, 0.2) is 18.2 Å². The van der Waals surface area contributed by atoms with Gasteiger partial charge >= 0.3 is 0 Å². The number of halogens is 1. The Morgan fingerprint density at radius 2 is 2.35 bits per heavy atom. The summed E-state index contributed by atoms with van der Waals surface area (Å²) in [7, 11) is 1.68. The molecule has 2 aromatic rings. The van der Waals surface area contributed by atoms with Gasteiger partial charge < -0.3 is 14.0 Å². The van der Waals surface area contributed by atoms with E-state index < -0.39 is 0 Å². The van der Waals surface area contributed by atoms with Crippen LogP contribution >= 0.6 is 11.6 Å². The molecule has 1 saturated heterocycles. The van der Waals surface area contributed by atoms with Crippen molar-refractivity contribution in [2.45, 2.75) is 31.9 Å². The summed E-state index contributed by atoms with van der Waals surface area (Å²) < 4.78 is 13.3. The van der Waals surface area contributed by atoms with Gasteiger partial charge in [0, 0.05) is 25.0 Å². The minimum Gasteiger partial charge on any atom is -0.497 e. The number of rotatable bonds is 4. The Kier molecular flexibility index (Phi) is 3.85. The number of aromatic nitrogens is 2. The van der Waals surface area contributed by atoms with Gasteiger partial charge in [-0.1, -0.05) is 0 Å². The van der Waals surface area contributed by atoms with Crippen LogP contribution < -0.4 is 4.74 Å². The predicted molar refractivity (Wildman–Crippen MR) is 79.8 cm³/mol. The van der Waals surface area contributed by atoms with Crippen molar-refractivity contribution in [2.24, 2.45) is 0 Å². The quantitative estimate of drug-likeness (QED) is 0.813. The molecule has 0 aliphatic carbocycles. The van der Waals surface area contributed by atoms with Crippen LogP contribution in [0.1, 0.15) is 25.2 Å². The maximum Gasteiger partial charge on any atom is 0.121 e. The standard InChI is InChI=1S/C15H19ClN2O2/c1-10-13(6-8-20-10)18-14-9-11(19-2)3-4-12(14)17-15(18)5-7-16/h3-4,9-10,13H,5-8H2,1-2H3. The van der Waals surface area contributed by atoms with Crippen molar-refractivity contribution >= 4 is 22.6 Å². The maximum absolute atomic E-state index is 5.93. The first-order valence-corrected chi connectivity index (χ1v) is 7.50. The summed E-state index contributed by atoms with van der Waals surface area (Å²) >= 11 is 5.93. The van der Waals surface area contributed by atoms with Crippen LogP contribution in [0.3, 0.4) is 0 Å². The van der Waals surface area contributed by atoms with Gasteiger partial charge in [-0.2, -0.15) is 0 Å². The Morgan fingerprint density at radius 3 is 3.00 bits per heavy atom. The van der Waals surface area contributed by atoms with Crippen LogP contribution in [-0.4, -0.2) is 35.3 Å². The molecule has 0 spiro atoms. The van der Waals surface area contributed by atoms with E-state index in [-0.39, 0.29) is 6.10 Å². The van der Waals surface area contributed by atoms with Gasteiger partial charge in [0.15, 0.2) is 0 Å². The van der Waals surface area contributed by atoms with Crippen LogP contribution in [0.4, 0.5) is 0 Å². The zero-order chi connectivity index (χ0) is 14.1. The van der Waals surface area contributed by atoms with Crippen molar-refractivity contribution in [1.29, 1.82) is 0 Å². The number of fused-ring (bicyclic) bond motifs is 1. The van der Waals surface area contributed by atoms with E-state index in [2.05, 4.69) is 11.5 Å². The Labute approximate surface area is 123 Å². The highest BCUT2D eigenvalue weighted by atomic mass is 35.5. The van der Waals surface area contributed by atoms with Gasteiger partial charge in [-0.15, -0.1) is 11.6 Å². The first-order valence-electron chi connectivity index (χ1n) is 6.97. The van der Waals surface area contributed by atoms with Crippen molar-refractivity contribution in [3.05, 3.63) is 24.0 Å². The van der Waals surface area contributed by atoms with E-state index >= 15 is 0 Å². The molecule has 1 fully saturated rings. The molecule has 5 heteroatoms. The first-order chi connectivity index (χ1) is 9.74. The van der Waals surface area contributed by atoms with E-state index in [4.69, 9.17) is 26.1 Å². The van der Waals surface area contributed by atoms with Crippen LogP contribution in [0.25, 0.3) is 11.0 Å². The fraction of sp³-hybridized carbons (Fsp3) is 0.533. The molecule has 1 aromatic carbocycles. The SMILES string of the molecule is COc1ccc2nc(CCCl)n(C3CCOC3C)c2c1. The minimum absolute atomic E-state index is 0.202. The number of imidazole rings is 1. The van der Waals surface area contributed by atoms with E-state index in [1.807, 2.05) is 18.2 Å². The second kappa shape index (κ2) is 5.62. The number of hydrogen-bond donors (Lipinski definition) is 0. The van der Waals surface area contributed by atoms with Crippen molar-refractivity contribution in [2.75, 3.05) is 19.6 Å². The lowest BCUT2D eigenvalue weighted by Gasteiger charge is -2.19. The fourth-order valence-corrected chi connectivity index (χ4v) is 3.11. The molecule has 20 heavy (non-hydrogen) atoms. The molecule has 108 valence electrons. The number of hydrogen-bond acceptors (Lipinski definition) is 3. The molecule has 0 bridgehead atoms. The first kappa shape index (κ1) is 13.7. The smallest absolute Gasteiger partial charge is 0.121 e. The second-order valence-corrected chi connectivity index (χ2v) is 5.50. The van der Waals surface area contributed by atoms with E-state index in [0.717, 1.165) is 42.1 Å². The lowest BCUT2D eigenvalue weighted by atomic mass is 10.1. The van der Waals surface area contributed by atoms with Crippen molar-refractivity contribution in [1.82, 2.24) is 9.55 Å². The number of benzene rings is 1. The molecular formula is C15H19ClN2O2. The molecule has 1 aliphatic heterocycles. The molecule has 2 unspecified atom stereocenters. The summed E-state index contributed by atoms with van der Waals surface area (Å²) in [4.78, 5) is 4.72. The molecular weight excluding hydrogens is 276 g/mol. The highest BCUT2D eigenvalue weighted by Crippen LogP contribution is 2.32. The third-order valence-electron chi connectivity index (χ3n) is 3.96. The molecule has 4 nitrogen and oxygen atoms in total. The van der Waals surface area contributed by atoms with E-state index in [1.54, 1.807) is 7.11 Å². The fourth-order valence-electron chi connectivity index (χ4n) is 2.94. The molecule has 0 amide bonds. The predicted octanol–water partition coefficient (Wildman–Crippen LogP) is 3.18. The normalized spacial score (nSPS) is 22.6. The number of nitrogens with zero attached hydrogens (tertiary/aromatic N) is 2. The Balaban J connectivity index is 2.16. The topological polar surface area (TPSA) is 36.3 Å². The van der Waals surface area contributed by atoms with Gasteiger partial charge in [0.05, 0.1) is 30.3 Å². The molecule has 0 saturated carbocycles. The molecule has 1 aliphatic rings. The Hall–Kier alpha value is -1.26. The summed E-state index contributed by atoms with van der Waals surface area (Å²) in [5, 5.41) is 0.